The summed E-state index contributed by atoms with van der Waals surface area (Å²) in [6.45, 7) is 0. The van der Waals surface area contributed by atoms with Gasteiger partial charge in [0.05, 0.1) is 16.3 Å². The highest BCUT2D eigenvalue weighted by Gasteiger charge is 2.15. The molecule has 3 nitrogen and oxygen atoms in total. The predicted octanol–water partition coefficient (Wildman–Crippen LogP) is 3.00. The molecule has 2 aromatic heterocycles. The molecule has 0 aliphatic rings. The second kappa shape index (κ2) is 5.00. The maximum Gasteiger partial charge on any atom is 0.215 e. The fraction of sp³-hybridized carbons (Fsp3) is 0.133. The third kappa shape index (κ3) is 2.03. The van der Waals surface area contributed by atoms with Gasteiger partial charge in [-0.15, -0.1) is 11.3 Å². The summed E-state index contributed by atoms with van der Waals surface area (Å²) in [4.78, 5) is 12.7. The molecule has 3 rings (SSSR count). The molecule has 0 saturated carbocycles. The van der Waals surface area contributed by atoms with Crippen molar-refractivity contribution in [2.45, 2.75) is 4.90 Å². The van der Waals surface area contributed by atoms with E-state index in [1.807, 2.05) is 47.3 Å². The Balaban J connectivity index is 2.38. The molecule has 1 unspecified atom stereocenters. The maximum atomic E-state index is 12.4. The Morgan fingerprint density at radius 3 is 2.55 bits per heavy atom. The first-order valence-electron chi connectivity index (χ1n) is 6.09. The van der Waals surface area contributed by atoms with Crippen molar-refractivity contribution in [1.82, 2.24) is 4.57 Å². The SMILES string of the molecule is Cn1cc(S(C)=O)c(=O)c2scc(-c3ccccc3)c21. The van der Waals surface area contributed by atoms with E-state index in [1.165, 1.54) is 17.6 Å². The summed E-state index contributed by atoms with van der Waals surface area (Å²) in [7, 11) is 0.617. The molecule has 0 amide bonds. The van der Waals surface area contributed by atoms with E-state index in [1.54, 1.807) is 6.20 Å². The lowest BCUT2D eigenvalue weighted by atomic mass is 10.1. The first-order chi connectivity index (χ1) is 9.59. The van der Waals surface area contributed by atoms with Crippen LogP contribution in [-0.2, 0) is 17.8 Å². The Kier molecular flexibility index (Phi) is 3.31. The molecule has 0 radical (unpaired) electrons. The summed E-state index contributed by atoms with van der Waals surface area (Å²) in [6.07, 6.45) is 3.22. The number of benzene rings is 1. The van der Waals surface area contributed by atoms with Crippen LogP contribution in [0.4, 0.5) is 0 Å². The molecule has 0 fully saturated rings. The lowest BCUT2D eigenvalue weighted by Crippen LogP contribution is -2.12. The zero-order valence-corrected chi connectivity index (χ0v) is 12.8. The number of aryl methyl sites for hydroxylation is 1. The van der Waals surface area contributed by atoms with Gasteiger partial charge in [0.25, 0.3) is 0 Å². The van der Waals surface area contributed by atoms with E-state index in [2.05, 4.69) is 0 Å². The third-order valence-electron chi connectivity index (χ3n) is 3.25. The van der Waals surface area contributed by atoms with E-state index in [9.17, 15) is 9.00 Å². The third-order valence-corrected chi connectivity index (χ3v) is 5.13. The van der Waals surface area contributed by atoms with Gasteiger partial charge in [-0.2, -0.15) is 0 Å². The summed E-state index contributed by atoms with van der Waals surface area (Å²) in [5.74, 6) is 0. The van der Waals surface area contributed by atoms with Gasteiger partial charge in [-0.3, -0.25) is 9.00 Å². The second-order valence-corrected chi connectivity index (χ2v) is 6.81. The van der Waals surface area contributed by atoms with Crippen LogP contribution in [0.25, 0.3) is 21.3 Å². The van der Waals surface area contributed by atoms with Crippen molar-refractivity contribution in [1.29, 1.82) is 0 Å². The number of aromatic nitrogens is 1. The fourth-order valence-corrected chi connectivity index (χ4v) is 4.10. The maximum absolute atomic E-state index is 12.4. The average molecular weight is 303 g/mol. The number of hydrogen-bond acceptors (Lipinski definition) is 3. The van der Waals surface area contributed by atoms with Crippen molar-refractivity contribution in [3.05, 3.63) is 52.1 Å². The highest BCUT2D eigenvalue weighted by atomic mass is 32.2. The standard InChI is InChI=1S/C15H13NO2S2/c1-16-8-12(20(2)18)14(17)15-13(16)11(9-19-15)10-6-4-3-5-7-10/h3-9H,1-2H3. The van der Waals surface area contributed by atoms with Gasteiger partial charge in [-0.1, -0.05) is 30.3 Å². The molecule has 0 bridgehead atoms. The van der Waals surface area contributed by atoms with Crippen molar-refractivity contribution < 1.29 is 4.21 Å². The summed E-state index contributed by atoms with van der Waals surface area (Å²) in [6, 6.07) is 9.98. The molecule has 2 heterocycles. The number of hydrogen-bond donors (Lipinski definition) is 0. The Bertz CT molecular complexity index is 863. The van der Waals surface area contributed by atoms with Crippen molar-refractivity contribution in [3.8, 4) is 11.1 Å². The molecule has 0 aliphatic carbocycles. The van der Waals surface area contributed by atoms with E-state index < -0.39 is 10.8 Å². The van der Waals surface area contributed by atoms with Crippen LogP contribution in [0.15, 0.2) is 51.6 Å². The molecule has 0 spiro atoms. The average Bonchev–Trinajstić information content (AvgIpc) is 2.89. The molecule has 1 aromatic carbocycles. The first-order valence-corrected chi connectivity index (χ1v) is 8.53. The molecule has 0 N–H and O–H groups in total. The fourth-order valence-electron chi connectivity index (χ4n) is 2.30. The summed E-state index contributed by atoms with van der Waals surface area (Å²) in [5.41, 5.74) is 2.91. The second-order valence-electron chi connectivity index (χ2n) is 4.58. The summed E-state index contributed by atoms with van der Waals surface area (Å²) < 4.78 is 14.2. The van der Waals surface area contributed by atoms with Gasteiger partial charge in [0.1, 0.15) is 9.60 Å². The molecule has 0 aliphatic heterocycles. The van der Waals surface area contributed by atoms with Crippen LogP contribution in [0.3, 0.4) is 0 Å². The summed E-state index contributed by atoms with van der Waals surface area (Å²) >= 11 is 1.41. The van der Waals surface area contributed by atoms with Crippen LogP contribution < -0.4 is 5.43 Å². The van der Waals surface area contributed by atoms with Crippen LogP contribution in [0.5, 0.6) is 0 Å². The van der Waals surface area contributed by atoms with Crippen molar-refractivity contribution in [3.63, 3.8) is 0 Å². The number of rotatable bonds is 2. The molecular weight excluding hydrogens is 290 g/mol. The monoisotopic (exact) mass is 303 g/mol. The largest absolute Gasteiger partial charge is 0.348 e. The van der Waals surface area contributed by atoms with Gasteiger partial charge in [-0.25, -0.2) is 0 Å². The van der Waals surface area contributed by atoms with E-state index in [0.29, 0.717) is 9.60 Å². The molecule has 3 aromatic rings. The molecule has 102 valence electrons. The highest BCUT2D eigenvalue weighted by molar-refractivity contribution is 7.84. The molecule has 20 heavy (non-hydrogen) atoms. The lowest BCUT2D eigenvalue weighted by Gasteiger charge is -2.07. The quantitative estimate of drug-likeness (QED) is 0.730. The number of thiophene rings is 1. The smallest absolute Gasteiger partial charge is 0.215 e. The van der Waals surface area contributed by atoms with Crippen LogP contribution in [0, 0.1) is 0 Å². The van der Waals surface area contributed by atoms with E-state index >= 15 is 0 Å². The van der Waals surface area contributed by atoms with Crippen molar-refractivity contribution >= 4 is 32.4 Å². The summed E-state index contributed by atoms with van der Waals surface area (Å²) in [5, 5.41) is 1.99. The van der Waals surface area contributed by atoms with Gasteiger partial charge >= 0.3 is 0 Å². The zero-order chi connectivity index (χ0) is 14.3. The number of nitrogens with zero attached hydrogens (tertiary/aromatic N) is 1. The Labute approximate surface area is 123 Å². The molecule has 1 atom stereocenters. The van der Waals surface area contributed by atoms with Crippen LogP contribution >= 0.6 is 11.3 Å². The van der Waals surface area contributed by atoms with Crippen LogP contribution in [0.1, 0.15) is 0 Å². The molecular formula is C15H13NO2S2. The highest BCUT2D eigenvalue weighted by Crippen LogP contribution is 2.32. The minimum Gasteiger partial charge on any atom is -0.348 e. The topological polar surface area (TPSA) is 39.1 Å². The number of fused-ring (bicyclic) bond motifs is 1. The van der Waals surface area contributed by atoms with Gasteiger partial charge < -0.3 is 4.57 Å². The molecule has 0 saturated heterocycles. The van der Waals surface area contributed by atoms with E-state index in [-0.39, 0.29) is 5.43 Å². The Morgan fingerprint density at radius 2 is 1.90 bits per heavy atom. The minimum absolute atomic E-state index is 0.119. The van der Waals surface area contributed by atoms with Gasteiger partial charge in [-0.05, 0) is 5.56 Å². The Morgan fingerprint density at radius 1 is 1.20 bits per heavy atom. The van der Waals surface area contributed by atoms with Gasteiger partial charge in [0.15, 0.2) is 0 Å². The lowest BCUT2D eigenvalue weighted by molar-refractivity contribution is 0.685. The van der Waals surface area contributed by atoms with Crippen molar-refractivity contribution in [2.75, 3.05) is 6.26 Å². The van der Waals surface area contributed by atoms with E-state index in [4.69, 9.17) is 0 Å². The molecule has 5 heteroatoms. The zero-order valence-electron chi connectivity index (χ0n) is 11.1. The normalized spacial score (nSPS) is 12.7. The number of pyridine rings is 1. The Hall–Kier alpha value is -1.72. The van der Waals surface area contributed by atoms with Crippen LogP contribution in [0.2, 0.25) is 0 Å². The predicted molar refractivity (Wildman–Crippen MR) is 84.8 cm³/mol. The van der Waals surface area contributed by atoms with Gasteiger partial charge in [0.2, 0.25) is 5.43 Å². The van der Waals surface area contributed by atoms with Crippen molar-refractivity contribution in [2.24, 2.45) is 7.05 Å². The first kappa shape index (κ1) is 13.3. The van der Waals surface area contributed by atoms with Gasteiger partial charge in [0, 0.05) is 30.4 Å². The van der Waals surface area contributed by atoms with Crippen LogP contribution in [-0.4, -0.2) is 15.0 Å². The minimum atomic E-state index is -1.27. The van der Waals surface area contributed by atoms with E-state index in [0.717, 1.165) is 16.6 Å².